The molecule has 1 aromatic carbocycles. The molecule has 0 spiro atoms. The van der Waals surface area contributed by atoms with Crippen molar-refractivity contribution >= 4 is 28.4 Å². The zero-order valence-electron chi connectivity index (χ0n) is 18.6. The lowest BCUT2D eigenvalue weighted by Gasteiger charge is -2.26. The van der Waals surface area contributed by atoms with Gasteiger partial charge >= 0.3 is 0 Å². The van der Waals surface area contributed by atoms with Crippen LogP contribution >= 0.6 is 0 Å². The van der Waals surface area contributed by atoms with Crippen LogP contribution in [0.1, 0.15) is 10.5 Å². The molecule has 1 amide bonds. The van der Waals surface area contributed by atoms with Gasteiger partial charge in [-0.1, -0.05) is 6.07 Å². The second-order valence-electron chi connectivity index (χ2n) is 8.11. The molecule has 4 aromatic rings. The molecule has 1 fully saturated rings. The highest BCUT2D eigenvalue weighted by atomic mass is 16.6. The third-order valence-electron chi connectivity index (χ3n) is 5.49. The van der Waals surface area contributed by atoms with E-state index in [1.165, 1.54) is 0 Å². The molecule has 9 nitrogen and oxygen atoms in total. The van der Waals surface area contributed by atoms with Gasteiger partial charge in [-0.25, -0.2) is 9.97 Å². The number of ether oxygens (including phenoxy) is 2. The van der Waals surface area contributed by atoms with Crippen LogP contribution in [0, 0.1) is 0 Å². The van der Waals surface area contributed by atoms with E-state index in [1.807, 2.05) is 54.1 Å². The molecule has 4 heterocycles. The summed E-state index contributed by atoms with van der Waals surface area (Å²) in [5.74, 6) is 1.15. The zero-order valence-corrected chi connectivity index (χ0v) is 18.6. The SMILES string of the molecule is CN(C)C(=O)c1cc2ccc(Nc3nccc(-c4cc(OC5COC5)ccn4)n3)cc2n1C. The minimum atomic E-state index is -0.0391. The van der Waals surface area contributed by atoms with E-state index >= 15 is 0 Å². The van der Waals surface area contributed by atoms with Gasteiger partial charge < -0.3 is 24.3 Å². The molecule has 0 atom stereocenters. The first-order chi connectivity index (χ1) is 16.0. The molecule has 1 N–H and O–H groups in total. The smallest absolute Gasteiger partial charge is 0.269 e. The maximum atomic E-state index is 12.4. The molecule has 9 heteroatoms. The number of benzene rings is 1. The topological polar surface area (TPSA) is 94.4 Å². The number of aromatic nitrogens is 4. The number of hydrogen-bond acceptors (Lipinski definition) is 7. The summed E-state index contributed by atoms with van der Waals surface area (Å²) in [6, 6.07) is 13.3. The van der Waals surface area contributed by atoms with Crippen LogP contribution in [-0.4, -0.2) is 63.7 Å². The maximum Gasteiger partial charge on any atom is 0.269 e. The highest BCUT2D eigenvalue weighted by Gasteiger charge is 2.20. The first-order valence-corrected chi connectivity index (χ1v) is 10.6. The standard InChI is InChI=1S/C24H24N6O3/c1-29(2)23(31)22-10-15-4-5-16(11-21(15)30(22)3)27-24-26-9-7-19(28-24)20-12-17(6-8-25-20)33-18-13-32-14-18/h4-12,18H,13-14H2,1-3H3,(H,26,27,28). The van der Waals surface area contributed by atoms with Gasteiger partial charge in [0.15, 0.2) is 0 Å². The fourth-order valence-corrected chi connectivity index (χ4v) is 3.63. The molecule has 0 unspecified atom stereocenters. The van der Waals surface area contributed by atoms with E-state index in [0.717, 1.165) is 22.3 Å². The van der Waals surface area contributed by atoms with Gasteiger partial charge in [0.2, 0.25) is 5.95 Å². The zero-order chi connectivity index (χ0) is 22.9. The number of pyridine rings is 1. The molecule has 0 bridgehead atoms. The van der Waals surface area contributed by atoms with Crippen molar-refractivity contribution in [2.24, 2.45) is 7.05 Å². The molecular formula is C24H24N6O3. The maximum absolute atomic E-state index is 12.4. The fourth-order valence-electron chi connectivity index (χ4n) is 3.63. The molecule has 0 saturated carbocycles. The fraction of sp³-hybridized carbons (Fsp3) is 0.250. The Morgan fingerprint density at radius 1 is 1.09 bits per heavy atom. The minimum absolute atomic E-state index is 0.0391. The summed E-state index contributed by atoms with van der Waals surface area (Å²) < 4.78 is 12.9. The number of hydrogen-bond donors (Lipinski definition) is 1. The first-order valence-electron chi connectivity index (χ1n) is 10.6. The summed E-state index contributed by atoms with van der Waals surface area (Å²) in [5, 5.41) is 4.24. The highest BCUT2D eigenvalue weighted by molar-refractivity contribution is 5.99. The molecule has 3 aromatic heterocycles. The lowest BCUT2D eigenvalue weighted by Crippen LogP contribution is -2.38. The van der Waals surface area contributed by atoms with Crippen molar-refractivity contribution in [2.75, 3.05) is 32.6 Å². The number of carbonyl (C=O) groups is 1. The van der Waals surface area contributed by atoms with E-state index in [9.17, 15) is 4.79 Å². The number of nitrogens with zero attached hydrogens (tertiary/aromatic N) is 5. The van der Waals surface area contributed by atoms with E-state index in [0.29, 0.717) is 36.2 Å². The summed E-state index contributed by atoms with van der Waals surface area (Å²) >= 11 is 0. The third-order valence-corrected chi connectivity index (χ3v) is 5.49. The van der Waals surface area contributed by atoms with Crippen molar-refractivity contribution in [2.45, 2.75) is 6.10 Å². The molecule has 168 valence electrons. The Labute approximate surface area is 191 Å². The quantitative estimate of drug-likeness (QED) is 0.488. The van der Waals surface area contributed by atoms with Gasteiger partial charge in [-0.15, -0.1) is 0 Å². The predicted molar refractivity (Wildman–Crippen MR) is 125 cm³/mol. The van der Waals surface area contributed by atoms with Gasteiger partial charge in [-0.2, -0.15) is 0 Å². The number of anilines is 2. The Morgan fingerprint density at radius 3 is 2.67 bits per heavy atom. The number of carbonyl (C=O) groups excluding carboxylic acids is 1. The summed E-state index contributed by atoms with van der Waals surface area (Å²) in [7, 11) is 5.38. The second-order valence-corrected chi connectivity index (χ2v) is 8.11. The van der Waals surface area contributed by atoms with Gasteiger partial charge in [0, 0.05) is 50.7 Å². The van der Waals surface area contributed by atoms with Gasteiger partial charge in [0.05, 0.1) is 30.1 Å². The first kappa shape index (κ1) is 20.9. The molecule has 1 aliphatic heterocycles. The second kappa shape index (κ2) is 8.51. The van der Waals surface area contributed by atoms with E-state index in [-0.39, 0.29) is 12.0 Å². The molecule has 1 saturated heterocycles. The minimum Gasteiger partial charge on any atom is -0.485 e. The van der Waals surface area contributed by atoms with Crippen LogP contribution in [0.15, 0.2) is 54.9 Å². The Morgan fingerprint density at radius 2 is 1.91 bits per heavy atom. The van der Waals surface area contributed by atoms with E-state index in [4.69, 9.17) is 9.47 Å². The van der Waals surface area contributed by atoms with Crippen molar-refractivity contribution in [3.8, 4) is 17.1 Å². The molecule has 5 rings (SSSR count). The number of amides is 1. The normalized spacial score (nSPS) is 13.5. The lowest BCUT2D eigenvalue weighted by atomic mass is 10.2. The molecule has 0 aliphatic carbocycles. The predicted octanol–water partition coefficient (Wildman–Crippen LogP) is 3.25. The average molecular weight is 444 g/mol. The van der Waals surface area contributed by atoms with E-state index in [2.05, 4.69) is 20.3 Å². The van der Waals surface area contributed by atoms with Gasteiger partial charge in [0.25, 0.3) is 5.91 Å². The monoisotopic (exact) mass is 444 g/mol. The number of nitrogens with one attached hydrogen (secondary N) is 1. The average Bonchev–Trinajstić information content (AvgIpc) is 3.12. The van der Waals surface area contributed by atoms with Gasteiger partial charge in [0.1, 0.15) is 17.5 Å². The largest absolute Gasteiger partial charge is 0.485 e. The number of aryl methyl sites for hydroxylation is 1. The van der Waals surface area contributed by atoms with Crippen molar-refractivity contribution in [1.82, 2.24) is 24.4 Å². The van der Waals surface area contributed by atoms with Crippen LogP contribution in [0.25, 0.3) is 22.3 Å². The van der Waals surface area contributed by atoms with E-state index in [1.54, 1.807) is 31.4 Å². The van der Waals surface area contributed by atoms with Crippen molar-refractivity contribution in [1.29, 1.82) is 0 Å². The van der Waals surface area contributed by atoms with Crippen LogP contribution in [0.3, 0.4) is 0 Å². The number of rotatable bonds is 6. The Hall–Kier alpha value is -3.98. The van der Waals surface area contributed by atoms with Crippen LogP contribution in [0.2, 0.25) is 0 Å². The van der Waals surface area contributed by atoms with Gasteiger partial charge in [-0.05, 0) is 30.3 Å². The summed E-state index contributed by atoms with van der Waals surface area (Å²) in [5.41, 5.74) is 3.77. The Balaban J connectivity index is 1.39. The van der Waals surface area contributed by atoms with Crippen LogP contribution < -0.4 is 10.1 Å². The molecular weight excluding hydrogens is 420 g/mol. The highest BCUT2D eigenvalue weighted by Crippen LogP contribution is 2.26. The van der Waals surface area contributed by atoms with Crippen molar-refractivity contribution in [3.05, 3.63) is 60.6 Å². The summed E-state index contributed by atoms with van der Waals surface area (Å²) in [4.78, 5) is 27.4. The van der Waals surface area contributed by atoms with Gasteiger partial charge in [-0.3, -0.25) is 9.78 Å². The summed E-state index contributed by atoms with van der Waals surface area (Å²) in [6.07, 6.45) is 3.48. The molecule has 33 heavy (non-hydrogen) atoms. The number of fused-ring (bicyclic) bond motifs is 1. The molecule has 0 radical (unpaired) electrons. The van der Waals surface area contributed by atoms with E-state index < -0.39 is 0 Å². The lowest BCUT2D eigenvalue weighted by molar-refractivity contribution is -0.0796. The van der Waals surface area contributed by atoms with Crippen LogP contribution in [0.4, 0.5) is 11.6 Å². The molecule has 1 aliphatic rings. The van der Waals surface area contributed by atoms with Crippen molar-refractivity contribution in [3.63, 3.8) is 0 Å². The Bertz CT molecular complexity index is 1330. The van der Waals surface area contributed by atoms with Crippen LogP contribution in [0.5, 0.6) is 5.75 Å². The summed E-state index contributed by atoms with van der Waals surface area (Å²) in [6.45, 7) is 1.21. The Kier molecular flexibility index (Phi) is 5.39. The van der Waals surface area contributed by atoms with Crippen LogP contribution in [-0.2, 0) is 11.8 Å². The van der Waals surface area contributed by atoms with Crippen molar-refractivity contribution < 1.29 is 14.3 Å². The third kappa shape index (κ3) is 4.22.